The lowest BCUT2D eigenvalue weighted by atomic mass is 10.1. The van der Waals surface area contributed by atoms with Gasteiger partial charge in [-0.15, -0.1) is 0 Å². The molecule has 0 saturated heterocycles. The standard InChI is InChI=1S/C23H13F5N2O3S/c1-12-2-5-15(6-3-12)34(31,32)30-9-8-16-18(23(27)28)22(20(26)19(25)21(16)30)33-14-4-7-17(24)13(10-14)11-29/h2-10,23H,1H3. The van der Waals surface area contributed by atoms with Gasteiger partial charge < -0.3 is 4.74 Å². The maximum absolute atomic E-state index is 15.1. The van der Waals surface area contributed by atoms with Crippen molar-refractivity contribution in [1.82, 2.24) is 3.97 Å². The summed E-state index contributed by atoms with van der Waals surface area (Å²) >= 11 is 0. The Labute approximate surface area is 190 Å². The van der Waals surface area contributed by atoms with Crippen LogP contribution >= 0.6 is 0 Å². The van der Waals surface area contributed by atoms with Crippen LogP contribution in [0.15, 0.2) is 59.6 Å². The molecule has 34 heavy (non-hydrogen) atoms. The van der Waals surface area contributed by atoms with Gasteiger partial charge in [-0.1, -0.05) is 17.7 Å². The summed E-state index contributed by atoms with van der Waals surface area (Å²) in [6.45, 7) is 1.72. The van der Waals surface area contributed by atoms with Crippen LogP contribution in [0.2, 0.25) is 0 Å². The minimum atomic E-state index is -4.46. The lowest BCUT2D eigenvalue weighted by molar-refractivity contribution is 0.148. The van der Waals surface area contributed by atoms with Crippen molar-refractivity contribution >= 4 is 20.9 Å². The molecule has 11 heteroatoms. The van der Waals surface area contributed by atoms with Gasteiger partial charge in [-0.3, -0.25) is 0 Å². The second-order valence-corrected chi connectivity index (χ2v) is 9.03. The first-order chi connectivity index (χ1) is 16.1. The number of aryl methyl sites for hydroxylation is 1. The predicted octanol–water partition coefficient (Wildman–Crippen LogP) is 6.21. The first-order valence-corrected chi connectivity index (χ1v) is 11.0. The summed E-state index contributed by atoms with van der Waals surface area (Å²) < 4.78 is 103. The summed E-state index contributed by atoms with van der Waals surface area (Å²) in [5, 5.41) is 8.33. The van der Waals surface area contributed by atoms with E-state index in [0.29, 0.717) is 3.97 Å². The number of hydrogen-bond acceptors (Lipinski definition) is 4. The van der Waals surface area contributed by atoms with Crippen molar-refractivity contribution in [1.29, 1.82) is 5.26 Å². The molecule has 0 atom stereocenters. The van der Waals surface area contributed by atoms with Gasteiger partial charge in [0, 0.05) is 17.6 Å². The van der Waals surface area contributed by atoms with Crippen LogP contribution in [-0.2, 0) is 10.0 Å². The van der Waals surface area contributed by atoms with Crippen molar-refractivity contribution in [3.63, 3.8) is 0 Å². The molecule has 4 aromatic rings. The molecule has 0 spiro atoms. The van der Waals surface area contributed by atoms with Crippen molar-refractivity contribution < 1.29 is 35.1 Å². The van der Waals surface area contributed by atoms with Gasteiger partial charge >= 0.3 is 0 Å². The van der Waals surface area contributed by atoms with E-state index in [9.17, 15) is 21.6 Å². The normalized spacial score (nSPS) is 11.7. The molecule has 0 N–H and O–H groups in total. The summed E-state index contributed by atoms with van der Waals surface area (Å²) in [6.07, 6.45) is -2.56. The van der Waals surface area contributed by atoms with Crippen molar-refractivity contribution in [2.75, 3.05) is 0 Å². The van der Waals surface area contributed by atoms with E-state index in [1.54, 1.807) is 6.92 Å². The number of ether oxygens (including phenoxy) is 1. The van der Waals surface area contributed by atoms with Gasteiger partial charge in [0.2, 0.25) is 5.82 Å². The highest BCUT2D eigenvalue weighted by atomic mass is 32.2. The van der Waals surface area contributed by atoms with Gasteiger partial charge in [0.1, 0.15) is 23.2 Å². The fourth-order valence-corrected chi connectivity index (χ4v) is 4.75. The molecule has 1 heterocycles. The number of nitrogens with zero attached hydrogens (tertiary/aromatic N) is 2. The second-order valence-electron chi connectivity index (χ2n) is 7.22. The Kier molecular flexibility index (Phi) is 5.79. The van der Waals surface area contributed by atoms with Crippen LogP contribution in [0.4, 0.5) is 22.0 Å². The molecule has 1 aromatic heterocycles. The Bertz CT molecular complexity index is 1570. The summed E-state index contributed by atoms with van der Waals surface area (Å²) in [6, 6.07) is 10.5. The van der Waals surface area contributed by atoms with E-state index in [-0.39, 0.29) is 4.90 Å². The van der Waals surface area contributed by atoms with E-state index in [4.69, 9.17) is 10.00 Å². The molecular formula is C23H13F5N2O3S. The zero-order chi connectivity index (χ0) is 24.8. The van der Waals surface area contributed by atoms with Crippen LogP contribution in [0.5, 0.6) is 11.5 Å². The van der Waals surface area contributed by atoms with E-state index in [0.717, 1.165) is 36.0 Å². The average molecular weight is 492 g/mol. The molecular weight excluding hydrogens is 479 g/mol. The van der Waals surface area contributed by atoms with Gasteiger partial charge in [0.05, 0.1) is 16.0 Å². The summed E-state index contributed by atoms with van der Waals surface area (Å²) in [7, 11) is -4.46. The lowest BCUT2D eigenvalue weighted by Crippen LogP contribution is -2.13. The quantitative estimate of drug-likeness (QED) is 0.311. The topological polar surface area (TPSA) is 72.1 Å². The molecule has 0 fully saturated rings. The maximum Gasteiger partial charge on any atom is 0.268 e. The van der Waals surface area contributed by atoms with E-state index >= 15 is 8.78 Å². The minimum absolute atomic E-state index is 0.260. The number of rotatable bonds is 5. The summed E-state index contributed by atoms with van der Waals surface area (Å²) in [5.74, 6) is -6.14. The SMILES string of the molecule is Cc1ccc(S(=O)(=O)n2ccc3c(C(F)F)c(Oc4ccc(F)c(C#N)c4)c(F)c(F)c32)cc1. The van der Waals surface area contributed by atoms with Crippen LogP contribution < -0.4 is 4.74 Å². The molecule has 0 saturated carbocycles. The Balaban J connectivity index is 1.95. The zero-order valence-electron chi connectivity index (χ0n) is 17.2. The fourth-order valence-electron chi connectivity index (χ4n) is 3.40. The molecule has 0 unspecified atom stereocenters. The van der Waals surface area contributed by atoms with Crippen LogP contribution in [0.1, 0.15) is 23.1 Å². The third kappa shape index (κ3) is 3.76. The third-order valence-electron chi connectivity index (χ3n) is 5.06. The molecule has 3 aromatic carbocycles. The highest BCUT2D eigenvalue weighted by molar-refractivity contribution is 7.90. The van der Waals surface area contributed by atoms with E-state index in [1.165, 1.54) is 30.3 Å². The van der Waals surface area contributed by atoms with Gasteiger partial charge in [-0.25, -0.2) is 30.0 Å². The maximum atomic E-state index is 15.1. The molecule has 174 valence electrons. The van der Waals surface area contributed by atoms with E-state index in [1.807, 2.05) is 0 Å². The van der Waals surface area contributed by atoms with Gasteiger partial charge in [0.25, 0.3) is 16.4 Å². The van der Waals surface area contributed by atoms with E-state index < -0.39 is 67.4 Å². The van der Waals surface area contributed by atoms with Crippen LogP contribution in [0.25, 0.3) is 10.9 Å². The number of alkyl halides is 2. The van der Waals surface area contributed by atoms with Crippen LogP contribution in [-0.4, -0.2) is 12.4 Å². The largest absolute Gasteiger partial charge is 0.454 e. The smallest absolute Gasteiger partial charge is 0.268 e. The number of nitriles is 1. The molecule has 0 aliphatic rings. The third-order valence-corrected chi connectivity index (χ3v) is 6.75. The molecule has 0 aliphatic heterocycles. The highest BCUT2D eigenvalue weighted by Crippen LogP contribution is 2.43. The Morgan fingerprint density at radius 3 is 2.29 bits per heavy atom. The van der Waals surface area contributed by atoms with Crippen LogP contribution in [0, 0.1) is 35.7 Å². The molecule has 0 aliphatic carbocycles. The van der Waals surface area contributed by atoms with Crippen LogP contribution in [0.3, 0.4) is 0 Å². The first kappa shape index (κ1) is 23.3. The zero-order valence-corrected chi connectivity index (χ0v) is 18.0. The number of fused-ring (bicyclic) bond motifs is 1. The number of benzene rings is 3. The Morgan fingerprint density at radius 1 is 1.00 bits per heavy atom. The van der Waals surface area contributed by atoms with Crippen molar-refractivity contribution in [2.24, 2.45) is 0 Å². The minimum Gasteiger partial charge on any atom is -0.454 e. The molecule has 0 bridgehead atoms. The number of hydrogen-bond donors (Lipinski definition) is 0. The number of halogens is 5. The Morgan fingerprint density at radius 2 is 1.68 bits per heavy atom. The molecule has 0 amide bonds. The average Bonchev–Trinajstić information content (AvgIpc) is 3.24. The van der Waals surface area contributed by atoms with Gasteiger partial charge in [-0.2, -0.15) is 9.65 Å². The lowest BCUT2D eigenvalue weighted by Gasteiger charge is -2.15. The summed E-state index contributed by atoms with van der Waals surface area (Å²) in [5.41, 5.74) is -1.78. The van der Waals surface area contributed by atoms with Crippen molar-refractivity contribution in [2.45, 2.75) is 18.2 Å². The number of aromatic nitrogens is 1. The second kappa shape index (κ2) is 8.46. The fraction of sp³-hybridized carbons (Fsp3) is 0.0870. The Hall–Kier alpha value is -3.91. The monoisotopic (exact) mass is 492 g/mol. The molecule has 4 rings (SSSR count). The first-order valence-electron chi connectivity index (χ1n) is 9.56. The van der Waals surface area contributed by atoms with Gasteiger partial charge in [-0.05, 0) is 37.3 Å². The molecule has 0 radical (unpaired) electrons. The van der Waals surface area contributed by atoms with Crippen molar-refractivity contribution in [3.8, 4) is 17.6 Å². The van der Waals surface area contributed by atoms with Crippen molar-refractivity contribution in [3.05, 3.63) is 88.9 Å². The predicted molar refractivity (Wildman–Crippen MR) is 112 cm³/mol. The molecule has 5 nitrogen and oxygen atoms in total. The van der Waals surface area contributed by atoms with E-state index in [2.05, 4.69) is 0 Å². The highest BCUT2D eigenvalue weighted by Gasteiger charge is 2.32. The summed E-state index contributed by atoms with van der Waals surface area (Å²) in [4.78, 5) is -0.260. The van der Waals surface area contributed by atoms with Gasteiger partial charge in [0.15, 0.2) is 11.6 Å².